The number of hydrogen-bond donors (Lipinski definition) is 1. The van der Waals surface area contributed by atoms with Crippen molar-refractivity contribution in [1.82, 2.24) is 20.1 Å². The van der Waals surface area contributed by atoms with Crippen LogP contribution in [0.3, 0.4) is 0 Å². The molecule has 0 saturated heterocycles. The number of nitrogens with one attached hydrogen (secondary N) is 1. The third-order valence-corrected chi connectivity index (χ3v) is 3.45. The zero-order valence-electron chi connectivity index (χ0n) is 10.7. The van der Waals surface area contributed by atoms with Crippen molar-refractivity contribution in [3.05, 3.63) is 11.6 Å². The maximum absolute atomic E-state index is 12.1. The molecule has 1 aliphatic rings. The maximum Gasteiger partial charge on any atom is 0.293 e. The molecular weight excluding hydrogens is 216 g/mol. The van der Waals surface area contributed by atoms with Gasteiger partial charge in [-0.05, 0) is 32.1 Å². The Morgan fingerprint density at radius 2 is 2.29 bits per heavy atom. The molecule has 1 aromatic rings. The van der Waals surface area contributed by atoms with Gasteiger partial charge >= 0.3 is 0 Å². The number of nitrogens with zero attached hydrogens (tertiary/aromatic N) is 3. The van der Waals surface area contributed by atoms with Crippen LogP contribution in [0.25, 0.3) is 0 Å². The van der Waals surface area contributed by atoms with E-state index < -0.39 is 0 Å². The summed E-state index contributed by atoms with van der Waals surface area (Å²) in [5.41, 5.74) is 0. The summed E-state index contributed by atoms with van der Waals surface area (Å²) in [6.45, 7) is 4.17. The zero-order valence-corrected chi connectivity index (χ0v) is 10.7. The Kier molecular flexibility index (Phi) is 3.45. The summed E-state index contributed by atoms with van der Waals surface area (Å²) in [5.74, 6) is 1.67. The van der Waals surface area contributed by atoms with Gasteiger partial charge in [0.2, 0.25) is 5.82 Å². The van der Waals surface area contributed by atoms with Crippen LogP contribution in [0.4, 0.5) is 0 Å². The number of rotatable bonds is 5. The molecule has 1 fully saturated rings. The van der Waals surface area contributed by atoms with Crippen LogP contribution in [0.15, 0.2) is 0 Å². The molecule has 94 valence electrons. The topological polar surface area (TPSA) is 61.9 Å². The van der Waals surface area contributed by atoms with E-state index in [1.165, 1.54) is 12.8 Å². The lowest BCUT2D eigenvalue weighted by molar-refractivity contribution is 0.0715. The van der Waals surface area contributed by atoms with E-state index in [2.05, 4.69) is 29.0 Å². The van der Waals surface area contributed by atoms with E-state index in [0.29, 0.717) is 11.7 Å². The summed E-state index contributed by atoms with van der Waals surface area (Å²) in [7, 11) is 1.83. The first-order valence-corrected chi connectivity index (χ1v) is 6.32. The van der Waals surface area contributed by atoms with E-state index in [4.69, 9.17) is 0 Å². The van der Waals surface area contributed by atoms with Crippen LogP contribution in [0.5, 0.6) is 0 Å². The summed E-state index contributed by atoms with van der Waals surface area (Å²) in [4.78, 5) is 18.1. The minimum atomic E-state index is -0.0806. The van der Waals surface area contributed by atoms with Gasteiger partial charge in [-0.2, -0.15) is 0 Å². The second kappa shape index (κ2) is 4.85. The van der Waals surface area contributed by atoms with Gasteiger partial charge in [0, 0.05) is 19.5 Å². The lowest BCUT2D eigenvalue weighted by Gasteiger charge is -2.23. The summed E-state index contributed by atoms with van der Waals surface area (Å²) in [5, 5.41) is 6.81. The average molecular weight is 236 g/mol. The lowest BCUT2D eigenvalue weighted by Crippen LogP contribution is -2.37. The molecule has 2 rings (SSSR count). The number of aromatic nitrogens is 3. The molecule has 1 unspecified atom stereocenters. The maximum atomic E-state index is 12.1. The second-order valence-electron chi connectivity index (χ2n) is 4.85. The SMILES string of the molecule is CCCc1nc(C(=O)N(C)C(C)C2CC2)n[nH]1. The number of aryl methyl sites for hydroxylation is 1. The molecule has 5 nitrogen and oxygen atoms in total. The van der Waals surface area contributed by atoms with Crippen LogP contribution < -0.4 is 0 Å². The first-order chi connectivity index (χ1) is 8.13. The fourth-order valence-electron chi connectivity index (χ4n) is 1.98. The van der Waals surface area contributed by atoms with Gasteiger partial charge in [-0.25, -0.2) is 4.98 Å². The van der Waals surface area contributed by atoms with Crippen LogP contribution in [-0.4, -0.2) is 39.1 Å². The highest BCUT2D eigenvalue weighted by molar-refractivity contribution is 5.90. The van der Waals surface area contributed by atoms with Crippen LogP contribution in [0, 0.1) is 5.92 Å². The Morgan fingerprint density at radius 1 is 1.59 bits per heavy atom. The highest BCUT2D eigenvalue weighted by Gasteiger charge is 2.33. The van der Waals surface area contributed by atoms with Crippen molar-refractivity contribution in [3.8, 4) is 0 Å². The second-order valence-corrected chi connectivity index (χ2v) is 4.85. The Hall–Kier alpha value is -1.39. The molecule has 17 heavy (non-hydrogen) atoms. The first kappa shape index (κ1) is 12.1. The molecule has 1 aliphatic carbocycles. The Morgan fingerprint density at radius 3 is 2.88 bits per heavy atom. The summed E-state index contributed by atoms with van der Waals surface area (Å²) < 4.78 is 0. The molecule has 1 amide bonds. The Balaban J connectivity index is 2.01. The van der Waals surface area contributed by atoms with Crippen molar-refractivity contribution >= 4 is 5.91 Å². The quantitative estimate of drug-likeness (QED) is 0.845. The standard InChI is InChI=1S/C12H20N4O/c1-4-5-10-13-11(15-14-10)12(17)16(3)8(2)9-6-7-9/h8-9H,4-7H2,1-3H3,(H,13,14,15). The van der Waals surface area contributed by atoms with Gasteiger partial charge in [0.25, 0.3) is 5.91 Å². The van der Waals surface area contributed by atoms with Gasteiger partial charge in [0.15, 0.2) is 0 Å². The van der Waals surface area contributed by atoms with Crippen molar-refractivity contribution in [2.24, 2.45) is 5.92 Å². The van der Waals surface area contributed by atoms with E-state index in [0.717, 1.165) is 18.7 Å². The van der Waals surface area contributed by atoms with E-state index in [1.54, 1.807) is 4.90 Å². The Bertz CT molecular complexity index is 397. The number of aromatic amines is 1. The molecule has 1 atom stereocenters. The van der Waals surface area contributed by atoms with Crippen LogP contribution in [0.2, 0.25) is 0 Å². The normalized spacial score (nSPS) is 16.9. The van der Waals surface area contributed by atoms with E-state index in [-0.39, 0.29) is 11.9 Å². The highest BCUT2D eigenvalue weighted by Crippen LogP contribution is 2.34. The number of carbonyl (C=O) groups excluding carboxylic acids is 1. The van der Waals surface area contributed by atoms with Gasteiger partial charge in [0.05, 0.1) is 0 Å². The zero-order chi connectivity index (χ0) is 12.4. The van der Waals surface area contributed by atoms with Crippen molar-refractivity contribution in [1.29, 1.82) is 0 Å². The molecule has 0 bridgehead atoms. The van der Waals surface area contributed by atoms with E-state index in [1.807, 2.05) is 7.05 Å². The molecule has 1 aromatic heterocycles. The van der Waals surface area contributed by atoms with Crippen molar-refractivity contribution in [2.45, 2.75) is 45.6 Å². The van der Waals surface area contributed by atoms with Gasteiger partial charge in [-0.15, -0.1) is 5.10 Å². The van der Waals surface area contributed by atoms with Gasteiger partial charge in [0.1, 0.15) is 5.82 Å². The minimum absolute atomic E-state index is 0.0806. The molecule has 0 aliphatic heterocycles. The van der Waals surface area contributed by atoms with Crippen molar-refractivity contribution in [2.75, 3.05) is 7.05 Å². The van der Waals surface area contributed by atoms with E-state index in [9.17, 15) is 4.79 Å². The van der Waals surface area contributed by atoms with E-state index >= 15 is 0 Å². The monoisotopic (exact) mass is 236 g/mol. The summed E-state index contributed by atoms with van der Waals surface area (Å²) >= 11 is 0. The lowest BCUT2D eigenvalue weighted by atomic mass is 10.2. The first-order valence-electron chi connectivity index (χ1n) is 6.32. The third kappa shape index (κ3) is 2.65. The average Bonchev–Trinajstić information content (AvgIpc) is 3.07. The van der Waals surface area contributed by atoms with Crippen LogP contribution >= 0.6 is 0 Å². The number of hydrogen-bond acceptors (Lipinski definition) is 3. The van der Waals surface area contributed by atoms with Gasteiger partial charge in [-0.1, -0.05) is 6.92 Å². The van der Waals surface area contributed by atoms with Crippen molar-refractivity contribution < 1.29 is 4.79 Å². The number of amides is 1. The predicted molar refractivity (Wildman–Crippen MR) is 64.7 cm³/mol. The van der Waals surface area contributed by atoms with Crippen molar-refractivity contribution in [3.63, 3.8) is 0 Å². The van der Waals surface area contributed by atoms with Gasteiger partial charge in [-0.3, -0.25) is 9.89 Å². The number of H-pyrrole nitrogens is 1. The fraction of sp³-hybridized carbons (Fsp3) is 0.750. The third-order valence-electron chi connectivity index (χ3n) is 3.45. The molecule has 5 heteroatoms. The molecule has 0 radical (unpaired) electrons. The summed E-state index contributed by atoms with van der Waals surface area (Å²) in [6.07, 6.45) is 4.29. The smallest absolute Gasteiger partial charge is 0.293 e. The summed E-state index contributed by atoms with van der Waals surface area (Å²) in [6, 6.07) is 0.288. The molecular formula is C12H20N4O. The predicted octanol–water partition coefficient (Wildman–Crippen LogP) is 1.63. The Labute approximate surface area is 102 Å². The molecule has 1 saturated carbocycles. The highest BCUT2D eigenvalue weighted by atomic mass is 16.2. The van der Waals surface area contributed by atoms with Crippen LogP contribution in [0.1, 0.15) is 49.6 Å². The van der Waals surface area contributed by atoms with Crippen LogP contribution in [-0.2, 0) is 6.42 Å². The molecule has 0 aromatic carbocycles. The number of carbonyl (C=O) groups is 1. The largest absolute Gasteiger partial charge is 0.336 e. The van der Waals surface area contributed by atoms with Gasteiger partial charge < -0.3 is 4.90 Å². The molecule has 1 heterocycles. The fourth-order valence-corrected chi connectivity index (χ4v) is 1.98. The molecule has 1 N–H and O–H groups in total. The minimum Gasteiger partial charge on any atom is -0.336 e. The molecule has 0 spiro atoms.